The molecule has 0 bridgehead atoms. The zero-order chi connectivity index (χ0) is 11.7. The summed E-state index contributed by atoms with van der Waals surface area (Å²) in [7, 11) is 1.63. The molecule has 4 nitrogen and oxygen atoms in total. The topological polar surface area (TPSA) is 49.4 Å². The Morgan fingerprint density at radius 2 is 2.12 bits per heavy atom. The molecule has 0 radical (unpaired) electrons. The average molecular weight is 218 g/mol. The maximum absolute atomic E-state index is 12.0. The van der Waals surface area contributed by atoms with Gasteiger partial charge in [0.15, 0.2) is 0 Å². The molecule has 0 saturated carbocycles. The van der Waals surface area contributed by atoms with Crippen LogP contribution in [0.3, 0.4) is 0 Å². The van der Waals surface area contributed by atoms with E-state index in [-0.39, 0.29) is 18.4 Å². The van der Waals surface area contributed by atoms with Crippen molar-refractivity contribution in [1.29, 1.82) is 0 Å². The van der Waals surface area contributed by atoms with E-state index in [9.17, 15) is 9.59 Å². The Hall–Kier alpha value is -1.84. The summed E-state index contributed by atoms with van der Waals surface area (Å²) in [6.45, 7) is 2.14. The van der Waals surface area contributed by atoms with Gasteiger partial charge in [0, 0.05) is 7.05 Å². The lowest BCUT2D eigenvalue weighted by Crippen LogP contribution is -2.31. The van der Waals surface area contributed by atoms with Crippen LogP contribution in [-0.2, 0) is 11.2 Å². The highest BCUT2D eigenvalue weighted by Crippen LogP contribution is 2.21. The number of carbonyl (C=O) groups is 2. The van der Waals surface area contributed by atoms with E-state index in [2.05, 4.69) is 5.32 Å². The van der Waals surface area contributed by atoms with Gasteiger partial charge in [0.2, 0.25) is 5.91 Å². The van der Waals surface area contributed by atoms with Crippen molar-refractivity contribution in [2.75, 3.05) is 18.9 Å². The first-order valence-corrected chi connectivity index (χ1v) is 5.30. The molecule has 1 aromatic rings. The van der Waals surface area contributed by atoms with Crippen molar-refractivity contribution in [2.24, 2.45) is 0 Å². The third kappa shape index (κ3) is 1.78. The second-order valence-corrected chi connectivity index (χ2v) is 3.94. The third-order valence-corrected chi connectivity index (χ3v) is 2.72. The van der Waals surface area contributed by atoms with E-state index in [4.69, 9.17) is 0 Å². The first kappa shape index (κ1) is 10.7. The van der Waals surface area contributed by atoms with Crippen LogP contribution in [-0.4, -0.2) is 30.3 Å². The summed E-state index contributed by atoms with van der Waals surface area (Å²) in [5, 5.41) is 2.73. The normalized spacial score (nSPS) is 15.5. The van der Waals surface area contributed by atoms with Crippen LogP contribution in [0.5, 0.6) is 0 Å². The van der Waals surface area contributed by atoms with Crippen molar-refractivity contribution in [2.45, 2.75) is 13.3 Å². The second-order valence-electron chi connectivity index (χ2n) is 3.94. The van der Waals surface area contributed by atoms with Crippen molar-refractivity contribution in [3.8, 4) is 0 Å². The number of nitrogens with zero attached hydrogens (tertiary/aromatic N) is 1. The Bertz CT molecular complexity index is 454. The lowest BCUT2D eigenvalue weighted by Gasteiger charge is -2.12. The Morgan fingerprint density at radius 1 is 1.38 bits per heavy atom. The molecule has 1 aromatic carbocycles. The maximum atomic E-state index is 12.0. The molecule has 1 aliphatic rings. The lowest BCUT2D eigenvalue weighted by molar-refractivity contribution is -0.116. The first-order chi connectivity index (χ1) is 7.61. The molecule has 0 fully saturated rings. The molecule has 0 aromatic heterocycles. The van der Waals surface area contributed by atoms with E-state index in [1.807, 2.05) is 19.1 Å². The van der Waals surface area contributed by atoms with Gasteiger partial charge in [-0.05, 0) is 24.1 Å². The van der Waals surface area contributed by atoms with Crippen LogP contribution in [0.15, 0.2) is 18.2 Å². The SMILES string of the molecule is CCc1ccc2c(c1)C(=O)N(C)CC(=O)N2. The molecule has 0 atom stereocenters. The standard InChI is InChI=1S/C12H14N2O2/c1-3-8-4-5-10-9(6-8)12(16)14(2)7-11(15)13-10/h4-6H,3,7H2,1-2H3,(H,13,15). The number of anilines is 1. The van der Waals surface area contributed by atoms with E-state index in [0.717, 1.165) is 12.0 Å². The molecule has 1 heterocycles. The quantitative estimate of drug-likeness (QED) is 0.771. The average Bonchev–Trinajstić information content (AvgIpc) is 2.37. The third-order valence-electron chi connectivity index (χ3n) is 2.72. The molecular weight excluding hydrogens is 204 g/mol. The number of amides is 2. The predicted molar refractivity (Wildman–Crippen MR) is 61.4 cm³/mol. The van der Waals surface area contributed by atoms with Crippen LogP contribution in [0.1, 0.15) is 22.8 Å². The minimum absolute atomic E-state index is 0.106. The van der Waals surface area contributed by atoms with Crippen LogP contribution in [0.2, 0.25) is 0 Å². The number of aryl methyl sites for hydroxylation is 1. The molecular formula is C12H14N2O2. The molecule has 2 rings (SSSR count). The summed E-state index contributed by atoms with van der Waals surface area (Å²) >= 11 is 0. The van der Waals surface area contributed by atoms with Gasteiger partial charge in [-0.2, -0.15) is 0 Å². The molecule has 0 spiro atoms. The molecule has 0 aliphatic carbocycles. The fraction of sp³-hybridized carbons (Fsp3) is 0.333. The number of likely N-dealkylation sites (N-methyl/N-ethyl adjacent to an activating group) is 1. The second kappa shape index (κ2) is 3.96. The first-order valence-electron chi connectivity index (χ1n) is 5.30. The molecule has 1 aliphatic heterocycles. The van der Waals surface area contributed by atoms with Crippen molar-refractivity contribution < 1.29 is 9.59 Å². The van der Waals surface area contributed by atoms with Gasteiger partial charge >= 0.3 is 0 Å². The maximum Gasteiger partial charge on any atom is 0.256 e. The van der Waals surface area contributed by atoms with Crippen LogP contribution < -0.4 is 5.32 Å². The Labute approximate surface area is 94.2 Å². The number of carbonyl (C=O) groups excluding carboxylic acids is 2. The van der Waals surface area contributed by atoms with Crippen LogP contribution in [0, 0.1) is 0 Å². The highest BCUT2D eigenvalue weighted by atomic mass is 16.2. The Kier molecular flexibility index (Phi) is 2.64. The monoisotopic (exact) mass is 218 g/mol. The molecule has 4 heteroatoms. The van der Waals surface area contributed by atoms with Gasteiger partial charge in [-0.1, -0.05) is 13.0 Å². The predicted octanol–water partition coefficient (Wildman–Crippen LogP) is 1.27. The van der Waals surface area contributed by atoms with Crippen molar-refractivity contribution >= 4 is 17.5 Å². The zero-order valence-electron chi connectivity index (χ0n) is 9.41. The smallest absolute Gasteiger partial charge is 0.256 e. The number of rotatable bonds is 1. The van der Waals surface area contributed by atoms with Gasteiger partial charge in [0.25, 0.3) is 5.91 Å². The van der Waals surface area contributed by atoms with Gasteiger partial charge in [0.05, 0.1) is 17.8 Å². The van der Waals surface area contributed by atoms with Crippen LogP contribution >= 0.6 is 0 Å². The fourth-order valence-electron chi connectivity index (χ4n) is 1.78. The molecule has 1 N–H and O–H groups in total. The van der Waals surface area contributed by atoms with Gasteiger partial charge in [-0.25, -0.2) is 0 Å². The zero-order valence-corrected chi connectivity index (χ0v) is 9.41. The minimum atomic E-state index is -0.154. The molecule has 0 saturated heterocycles. The van der Waals surface area contributed by atoms with Crippen molar-refractivity contribution in [3.05, 3.63) is 29.3 Å². The Morgan fingerprint density at radius 3 is 2.81 bits per heavy atom. The molecule has 0 unspecified atom stereocenters. The van der Waals surface area contributed by atoms with Crippen LogP contribution in [0.4, 0.5) is 5.69 Å². The van der Waals surface area contributed by atoms with E-state index in [0.29, 0.717) is 11.3 Å². The lowest BCUT2D eigenvalue weighted by atomic mass is 10.1. The number of hydrogen-bond donors (Lipinski definition) is 1. The van der Waals surface area contributed by atoms with E-state index in [1.165, 1.54) is 4.90 Å². The molecule has 16 heavy (non-hydrogen) atoms. The number of nitrogens with one attached hydrogen (secondary N) is 1. The highest BCUT2D eigenvalue weighted by molar-refractivity contribution is 6.08. The summed E-state index contributed by atoms with van der Waals surface area (Å²) in [5.74, 6) is -0.262. The summed E-state index contributed by atoms with van der Waals surface area (Å²) in [5.41, 5.74) is 2.28. The fourth-order valence-corrected chi connectivity index (χ4v) is 1.78. The highest BCUT2D eigenvalue weighted by Gasteiger charge is 2.23. The van der Waals surface area contributed by atoms with E-state index < -0.39 is 0 Å². The summed E-state index contributed by atoms with van der Waals surface area (Å²) in [6.07, 6.45) is 0.873. The molecule has 2 amide bonds. The summed E-state index contributed by atoms with van der Waals surface area (Å²) < 4.78 is 0. The summed E-state index contributed by atoms with van der Waals surface area (Å²) in [4.78, 5) is 24.9. The van der Waals surface area contributed by atoms with Gasteiger partial charge in [-0.3, -0.25) is 9.59 Å². The van der Waals surface area contributed by atoms with Gasteiger partial charge in [-0.15, -0.1) is 0 Å². The van der Waals surface area contributed by atoms with Crippen LogP contribution in [0.25, 0.3) is 0 Å². The number of benzene rings is 1. The van der Waals surface area contributed by atoms with Gasteiger partial charge in [0.1, 0.15) is 0 Å². The molecule has 84 valence electrons. The minimum Gasteiger partial charge on any atom is -0.332 e. The van der Waals surface area contributed by atoms with Crippen molar-refractivity contribution in [3.63, 3.8) is 0 Å². The van der Waals surface area contributed by atoms with E-state index >= 15 is 0 Å². The number of fused-ring (bicyclic) bond motifs is 1. The van der Waals surface area contributed by atoms with Gasteiger partial charge < -0.3 is 10.2 Å². The summed E-state index contributed by atoms with van der Waals surface area (Å²) in [6, 6.07) is 5.57. The van der Waals surface area contributed by atoms with E-state index in [1.54, 1.807) is 13.1 Å². The number of hydrogen-bond acceptors (Lipinski definition) is 2. The Balaban J connectivity index is 2.51. The van der Waals surface area contributed by atoms with Crippen molar-refractivity contribution in [1.82, 2.24) is 4.90 Å². The largest absolute Gasteiger partial charge is 0.332 e.